The minimum Gasteiger partial charge on any atom is -0.481 e. The Kier molecular flexibility index (Phi) is 8.38. The van der Waals surface area contributed by atoms with Crippen LogP contribution < -0.4 is 5.32 Å². The Morgan fingerprint density at radius 2 is 1.63 bits per heavy atom. The molecule has 6 nitrogen and oxygen atoms in total. The minimum absolute atomic E-state index is 0.197. The van der Waals surface area contributed by atoms with Crippen molar-refractivity contribution in [2.45, 2.75) is 50.7 Å². The Bertz CT molecular complexity index is 391. The highest BCUT2D eigenvalue weighted by Crippen LogP contribution is 2.05. The molecular formula is C12H23NO5S. The van der Waals surface area contributed by atoms with Crippen molar-refractivity contribution in [3.8, 4) is 0 Å². The molecule has 0 aromatic carbocycles. The number of hydrogen-bond donors (Lipinski definition) is 2. The standard InChI is InChI=1S/C12H23NO5S/c1-10(19(2,17)18)12(16)13-9-7-5-3-4-6-8-11(14)15/h10H,3-9H2,1-2H3,(H,13,16)(H,14,15). The number of rotatable bonds is 10. The van der Waals surface area contributed by atoms with Crippen LogP contribution in [0.15, 0.2) is 0 Å². The van der Waals surface area contributed by atoms with Gasteiger partial charge >= 0.3 is 5.97 Å². The van der Waals surface area contributed by atoms with Gasteiger partial charge in [0.25, 0.3) is 0 Å². The average Bonchev–Trinajstić information content (AvgIpc) is 2.29. The van der Waals surface area contributed by atoms with Gasteiger partial charge in [-0.15, -0.1) is 0 Å². The van der Waals surface area contributed by atoms with Gasteiger partial charge in [-0.05, 0) is 19.8 Å². The molecule has 1 atom stereocenters. The summed E-state index contributed by atoms with van der Waals surface area (Å²) in [7, 11) is -3.33. The molecule has 2 N–H and O–H groups in total. The maximum atomic E-state index is 11.4. The number of carboxylic acids is 1. The molecule has 0 aromatic rings. The quantitative estimate of drug-likeness (QED) is 0.584. The van der Waals surface area contributed by atoms with E-state index in [4.69, 9.17) is 5.11 Å². The van der Waals surface area contributed by atoms with E-state index in [1.165, 1.54) is 6.92 Å². The summed E-state index contributed by atoms with van der Waals surface area (Å²) in [6.45, 7) is 1.83. The molecule has 0 heterocycles. The Labute approximate surface area is 114 Å². The van der Waals surface area contributed by atoms with Crippen LogP contribution in [0.25, 0.3) is 0 Å². The van der Waals surface area contributed by atoms with Gasteiger partial charge in [-0.3, -0.25) is 9.59 Å². The number of unbranched alkanes of at least 4 members (excludes halogenated alkanes) is 4. The Balaban J connectivity index is 3.55. The van der Waals surface area contributed by atoms with Crippen molar-refractivity contribution in [3.63, 3.8) is 0 Å². The fraction of sp³-hybridized carbons (Fsp3) is 0.833. The lowest BCUT2D eigenvalue weighted by Crippen LogP contribution is -2.37. The second-order valence-corrected chi connectivity index (χ2v) is 7.04. The van der Waals surface area contributed by atoms with Crippen molar-refractivity contribution in [1.82, 2.24) is 5.32 Å². The maximum absolute atomic E-state index is 11.4. The SMILES string of the molecule is CC(C(=O)NCCCCCCCC(=O)O)S(C)(=O)=O. The molecular weight excluding hydrogens is 270 g/mol. The first kappa shape index (κ1) is 17.9. The predicted octanol–water partition coefficient (Wildman–Crippen LogP) is 0.961. The lowest BCUT2D eigenvalue weighted by atomic mass is 10.1. The summed E-state index contributed by atoms with van der Waals surface area (Å²) in [6.07, 6.45) is 5.36. The highest BCUT2D eigenvalue weighted by atomic mass is 32.2. The first-order valence-corrected chi connectivity index (χ1v) is 8.39. The number of sulfone groups is 1. The monoisotopic (exact) mass is 293 g/mol. The van der Waals surface area contributed by atoms with Crippen molar-refractivity contribution in [2.75, 3.05) is 12.8 Å². The average molecular weight is 293 g/mol. The smallest absolute Gasteiger partial charge is 0.303 e. The van der Waals surface area contributed by atoms with Crippen LogP contribution in [0.2, 0.25) is 0 Å². The molecule has 112 valence electrons. The summed E-state index contributed by atoms with van der Waals surface area (Å²) in [5, 5.41) is 10.0. The van der Waals surface area contributed by atoms with Crippen molar-refractivity contribution in [3.05, 3.63) is 0 Å². The lowest BCUT2D eigenvalue weighted by molar-refractivity contribution is -0.137. The van der Waals surface area contributed by atoms with Crippen LogP contribution in [0.4, 0.5) is 0 Å². The molecule has 0 saturated heterocycles. The van der Waals surface area contributed by atoms with Crippen LogP contribution in [0.5, 0.6) is 0 Å². The van der Waals surface area contributed by atoms with Crippen molar-refractivity contribution < 1.29 is 23.1 Å². The minimum atomic E-state index is -3.33. The van der Waals surface area contributed by atoms with E-state index in [2.05, 4.69) is 5.32 Å². The highest BCUT2D eigenvalue weighted by Gasteiger charge is 2.22. The summed E-state index contributed by atoms with van der Waals surface area (Å²) in [5.41, 5.74) is 0. The second kappa shape index (κ2) is 8.90. The molecule has 0 aliphatic rings. The van der Waals surface area contributed by atoms with Crippen LogP contribution in [0.3, 0.4) is 0 Å². The third kappa shape index (κ3) is 9.47. The number of hydrogen-bond acceptors (Lipinski definition) is 4. The van der Waals surface area contributed by atoms with Gasteiger partial charge < -0.3 is 10.4 Å². The first-order valence-electron chi connectivity index (χ1n) is 6.43. The van der Waals surface area contributed by atoms with Crippen LogP contribution >= 0.6 is 0 Å². The molecule has 0 aliphatic carbocycles. The van der Waals surface area contributed by atoms with Crippen LogP contribution in [0.1, 0.15) is 45.4 Å². The fourth-order valence-electron chi connectivity index (χ4n) is 1.48. The molecule has 0 fully saturated rings. The normalized spacial score (nSPS) is 12.9. The zero-order valence-corrected chi connectivity index (χ0v) is 12.3. The third-order valence-corrected chi connectivity index (χ3v) is 4.38. The van der Waals surface area contributed by atoms with E-state index < -0.39 is 27.0 Å². The molecule has 0 aromatic heterocycles. The zero-order valence-electron chi connectivity index (χ0n) is 11.5. The van der Waals surface area contributed by atoms with Gasteiger partial charge in [-0.25, -0.2) is 8.42 Å². The van der Waals surface area contributed by atoms with Gasteiger partial charge in [0.2, 0.25) is 5.91 Å². The van der Waals surface area contributed by atoms with Gasteiger partial charge in [-0.2, -0.15) is 0 Å². The van der Waals surface area contributed by atoms with Gasteiger partial charge in [0.1, 0.15) is 5.25 Å². The summed E-state index contributed by atoms with van der Waals surface area (Å²) >= 11 is 0. The molecule has 0 rings (SSSR count). The molecule has 0 spiro atoms. The topological polar surface area (TPSA) is 101 Å². The summed E-state index contributed by atoms with van der Waals surface area (Å²) < 4.78 is 22.3. The van der Waals surface area contributed by atoms with Gasteiger partial charge in [-0.1, -0.05) is 19.3 Å². The van der Waals surface area contributed by atoms with E-state index in [1.54, 1.807) is 0 Å². The Morgan fingerprint density at radius 3 is 2.16 bits per heavy atom. The Morgan fingerprint density at radius 1 is 1.11 bits per heavy atom. The molecule has 0 bridgehead atoms. The van der Waals surface area contributed by atoms with Gasteiger partial charge in [0.05, 0.1) is 0 Å². The summed E-state index contributed by atoms with van der Waals surface area (Å²) in [6, 6.07) is 0. The predicted molar refractivity (Wildman–Crippen MR) is 72.7 cm³/mol. The number of carboxylic acid groups (broad SMARTS) is 1. The molecule has 1 unspecified atom stereocenters. The number of amides is 1. The van der Waals surface area contributed by atoms with Crippen molar-refractivity contribution in [1.29, 1.82) is 0 Å². The molecule has 0 saturated carbocycles. The zero-order chi connectivity index (χ0) is 14.9. The van der Waals surface area contributed by atoms with E-state index in [0.29, 0.717) is 13.0 Å². The molecule has 1 amide bonds. The number of carbonyl (C=O) groups excluding carboxylic acids is 1. The van der Waals surface area contributed by atoms with E-state index >= 15 is 0 Å². The van der Waals surface area contributed by atoms with E-state index in [0.717, 1.165) is 31.9 Å². The van der Waals surface area contributed by atoms with E-state index in [-0.39, 0.29) is 6.42 Å². The third-order valence-electron chi connectivity index (χ3n) is 2.88. The molecule has 19 heavy (non-hydrogen) atoms. The van der Waals surface area contributed by atoms with Gasteiger partial charge in [0, 0.05) is 19.2 Å². The lowest BCUT2D eigenvalue weighted by Gasteiger charge is -2.10. The molecule has 0 aliphatic heterocycles. The van der Waals surface area contributed by atoms with E-state index in [9.17, 15) is 18.0 Å². The van der Waals surface area contributed by atoms with Crippen LogP contribution in [0, 0.1) is 0 Å². The largest absolute Gasteiger partial charge is 0.481 e. The van der Waals surface area contributed by atoms with Crippen LogP contribution in [-0.2, 0) is 19.4 Å². The second-order valence-electron chi connectivity index (χ2n) is 4.67. The Hall–Kier alpha value is -1.11. The van der Waals surface area contributed by atoms with Crippen molar-refractivity contribution in [2.24, 2.45) is 0 Å². The first-order chi connectivity index (χ1) is 8.75. The summed E-state index contributed by atoms with van der Waals surface area (Å²) in [5.74, 6) is -1.24. The van der Waals surface area contributed by atoms with Gasteiger partial charge in [0.15, 0.2) is 9.84 Å². The molecule has 7 heteroatoms. The molecule has 0 radical (unpaired) electrons. The number of aliphatic carboxylic acids is 1. The number of carbonyl (C=O) groups is 2. The highest BCUT2D eigenvalue weighted by molar-refractivity contribution is 7.92. The van der Waals surface area contributed by atoms with Crippen LogP contribution in [-0.4, -0.2) is 43.5 Å². The fourth-order valence-corrected chi connectivity index (χ4v) is 1.95. The van der Waals surface area contributed by atoms with E-state index in [1.807, 2.05) is 0 Å². The van der Waals surface area contributed by atoms with Crippen molar-refractivity contribution >= 4 is 21.7 Å². The summed E-state index contributed by atoms with van der Waals surface area (Å²) in [4.78, 5) is 21.7. The number of nitrogens with one attached hydrogen (secondary N) is 1. The maximum Gasteiger partial charge on any atom is 0.303 e.